The van der Waals surface area contributed by atoms with Gasteiger partial charge in [0.2, 0.25) is 5.91 Å². The molecule has 2 rings (SSSR count). The molecule has 0 aliphatic heterocycles. The monoisotopic (exact) mass is 299 g/mol. The molecule has 22 heavy (non-hydrogen) atoms. The zero-order valence-electron chi connectivity index (χ0n) is 12.6. The van der Waals surface area contributed by atoms with Crippen LogP contribution in [0, 0.1) is 0 Å². The van der Waals surface area contributed by atoms with E-state index in [1.54, 1.807) is 31.2 Å². The summed E-state index contributed by atoms with van der Waals surface area (Å²) in [5.41, 5.74) is 1.60. The van der Waals surface area contributed by atoms with Crippen molar-refractivity contribution in [1.82, 2.24) is 5.32 Å². The third-order valence-corrected chi connectivity index (χ3v) is 3.60. The second-order valence-electron chi connectivity index (χ2n) is 5.42. The highest BCUT2D eigenvalue weighted by Crippen LogP contribution is 2.16. The van der Waals surface area contributed by atoms with E-state index in [0.29, 0.717) is 12.0 Å². The van der Waals surface area contributed by atoms with Gasteiger partial charge in [0.05, 0.1) is 18.6 Å². The van der Waals surface area contributed by atoms with E-state index >= 15 is 0 Å². The van der Waals surface area contributed by atoms with E-state index in [9.17, 15) is 15.0 Å². The lowest BCUT2D eigenvalue weighted by Crippen LogP contribution is -2.42. The van der Waals surface area contributed by atoms with Gasteiger partial charge in [-0.3, -0.25) is 4.79 Å². The zero-order chi connectivity index (χ0) is 15.9. The van der Waals surface area contributed by atoms with E-state index in [2.05, 4.69) is 5.32 Å². The molecule has 3 N–H and O–H groups in total. The van der Waals surface area contributed by atoms with Crippen molar-refractivity contribution in [3.8, 4) is 5.75 Å². The molecule has 0 radical (unpaired) electrons. The molecule has 2 unspecified atom stereocenters. The lowest BCUT2D eigenvalue weighted by molar-refractivity contribution is -0.121. The quantitative estimate of drug-likeness (QED) is 0.764. The van der Waals surface area contributed by atoms with Crippen LogP contribution in [-0.2, 0) is 17.6 Å². The van der Waals surface area contributed by atoms with Gasteiger partial charge in [0.15, 0.2) is 0 Å². The van der Waals surface area contributed by atoms with Crippen molar-refractivity contribution in [2.24, 2.45) is 0 Å². The van der Waals surface area contributed by atoms with Crippen LogP contribution in [0.1, 0.15) is 18.1 Å². The Bertz CT molecular complexity index is 613. The molecule has 2 atom stereocenters. The van der Waals surface area contributed by atoms with Gasteiger partial charge in [-0.15, -0.1) is 0 Å². The number of carbonyl (C=O) groups excluding carboxylic acids is 1. The summed E-state index contributed by atoms with van der Waals surface area (Å²) in [5, 5.41) is 22.6. The van der Waals surface area contributed by atoms with Gasteiger partial charge in [0.1, 0.15) is 5.75 Å². The topological polar surface area (TPSA) is 69.6 Å². The van der Waals surface area contributed by atoms with E-state index in [-0.39, 0.29) is 24.1 Å². The summed E-state index contributed by atoms with van der Waals surface area (Å²) in [6.45, 7) is 1.77. The number of hydrogen-bond acceptors (Lipinski definition) is 3. The number of nitrogens with one attached hydrogen (secondary N) is 1. The molecular weight excluding hydrogens is 278 g/mol. The van der Waals surface area contributed by atoms with E-state index in [1.807, 2.05) is 30.3 Å². The third kappa shape index (κ3) is 4.60. The molecule has 4 nitrogen and oxygen atoms in total. The number of rotatable bonds is 6. The molecule has 0 saturated carbocycles. The molecule has 0 aromatic heterocycles. The van der Waals surface area contributed by atoms with Crippen molar-refractivity contribution >= 4 is 5.91 Å². The number of benzene rings is 2. The Kier molecular flexibility index (Phi) is 5.55. The molecule has 2 aromatic rings. The van der Waals surface area contributed by atoms with E-state index in [0.717, 1.165) is 5.56 Å². The second kappa shape index (κ2) is 7.61. The van der Waals surface area contributed by atoms with Gasteiger partial charge in [-0.05, 0) is 18.6 Å². The maximum atomic E-state index is 12.0. The fourth-order valence-corrected chi connectivity index (χ4v) is 2.27. The first-order valence-corrected chi connectivity index (χ1v) is 7.34. The summed E-state index contributed by atoms with van der Waals surface area (Å²) >= 11 is 0. The maximum absolute atomic E-state index is 12.0. The Morgan fingerprint density at radius 2 is 1.73 bits per heavy atom. The van der Waals surface area contributed by atoms with Crippen molar-refractivity contribution in [1.29, 1.82) is 0 Å². The van der Waals surface area contributed by atoms with Crippen LogP contribution in [-0.4, -0.2) is 28.3 Å². The van der Waals surface area contributed by atoms with Crippen LogP contribution in [0.2, 0.25) is 0 Å². The molecule has 116 valence electrons. The largest absolute Gasteiger partial charge is 0.508 e. The molecule has 0 saturated heterocycles. The predicted octanol–water partition coefficient (Wildman–Crippen LogP) is 2.04. The Balaban J connectivity index is 1.87. The van der Waals surface area contributed by atoms with Gasteiger partial charge in [-0.2, -0.15) is 0 Å². The summed E-state index contributed by atoms with van der Waals surface area (Å²) in [6, 6.07) is 16.0. The first-order valence-electron chi connectivity index (χ1n) is 7.34. The summed E-state index contributed by atoms with van der Waals surface area (Å²) in [7, 11) is 0. The summed E-state index contributed by atoms with van der Waals surface area (Å²) < 4.78 is 0. The molecule has 0 bridgehead atoms. The lowest BCUT2D eigenvalue weighted by atomic mass is 10.0. The van der Waals surface area contributed by atoms with Gasteiger partial charge in [-0.25, -0.2) is 0 Å². The predicted molar refractivity (Wildman–Crippen MR) is 85.6 cm³/mol. The molecule has 0 fully saturated rings. The summed E-state index contributed by atoms with van der Waals surface area (Å²) in [4.78, 5) is 12.0. The van der Waals surface area contributed by atoms with Crippen LogP contribution < -0.4 is 5.32 Å². The van der Waals surface area contributed by atoms with Crippen LogP contribution in [0.5, 0.6) is 5.75 Å². The highest BCUT2D eigenvalue weighted by molar-refractivity contribution is 5.79. The minimum Gasteiger partial charge on any atom is -0.508 e. The minimum absolute atomic E-state index is 0.0923. The standard InChI is InChI=1S/C18H21NO3/c1-13(17(21)11-14-7-3-2-4-8-14)19-18(22)12-15-9-5-6-10-16(15)20/h2-10,13,17,20-21H,11-12H2,1H3,(H,19,22). The van der Waals surface area contributed by atoms with Gasteiger partial charge in [0, 0.05) is 12.0 Å². The number of phenolic OH excluding ortho intramolecular Hbond substituents is 1. The Labute approximate surface area is 130 Å². The zero-order valence-corrected chi connectivity index (χ0v) is 12.6. The van der Waals surface area contributed by atoms with Crippen LogP contribution in [0.15, 0.2) is 54.6 Å². The first-order chi connectivity index (χ1) is 10.6. The van der Waals surface area contributed by atoms with E-state index < -0.39 is 6.10 Å². The number of amides is 1. The Morgan fingerprint density at radius 3 is 2.41 bits per heavy atom. The lowest BCUT2D eigenvalue weighted by Gasteiger charge is -2.20. The molecule has 0 heterocycles. The van der Waals surface area contributed by atoms with Crippen molar-refractivity contribution in [2.75, 3.05) is 0 Å². The summed E-state index contributed by atoms with van der Waals surface area (Å²) in [5.74, 6) is -0.115. The van der Waals surface area contributed by atoms with Crippen molar-refractivity contribution < 1.29 is 15.0 Å². The molecular formula is C18H21NO3. The molecule has 1 amide bonds. The van der Waals surface area contributed by atoms with Crippen LogP contribution in [0.25, 0.3) is 0 Å². The average Bonchev–Trinajstić information content (AvgIpc) is 2.50. The number of carbonyl (C=O) groups is 1. The van der Waals surface area contributed by atoms with Crippen molar-refractivity contribution in [2.45, 2.75) is 31.9 Å². The van der Waals surface area contributed by atoms with Crippen LogP contribution in [0.3, 0.4) is 0 Å². The van der Waals surface area contributed by atoms with Crippen LogP contribution >= 0.6 is 0 Å². The summed E-state index contributed by atoms with van der Waals surface area (Å²) in [6.07, 6.45) is -0.0794. The van der Waals surface area contributed by atoms with Crippen molar-refractivity contribution in [3.05, 3.63) is 65.7 Å². The highest BCUT2D eigenvalue weighted by atomic mass is 16.3. The molecule has 0 aliphatic rings. The number of aliphatic hydroxyl groups excluding tert-OH is 1. The number of hydrogen-bond donors (Lipinski definition) is 3. The molecule has 4 heteroatoms. The average molecular weight is 299 g/mol. The smallest absolute Gasteiger partial charge is 0.224 e. The molecule has 2 aromatic carbocycles. The van der Waals surface area contributed by atoms with E-state index in [1.165, 1.54) is 0 Å². The highest BCUT2D eigenvalue weighted by Gasteiger charge is 2.17. The number of aromatic hydroxyl groups is 1. The normalized spacial score (nSPS) is 13.4. The van der Waals surface area contributed by atoms with Gasteiger partial charge >= 0.3 is 0 Å². The number of phenols is 1. The van der Waals surface area contributed by atoms with Crippen molar-refractivity contribution in [3.63, 3.8) is 0 Å². The Morgan fingerprint density at radius 1 is 1.09 bits per heavy atom. The van der Waals surface area contributed by atoms with E-state index in [4.69, 9.17) is 0 Å². The number of para-hydroxylation sites is 1. The number of aliphatic hydroxyl groups is 1. The first kappa shape index (κ1) is 16.0. The fraction of sp³-hybridized carbons (Fsp3) is 0.278. The SMILES string of the molecule is CC(NC(=O)Cc1ccccc1O)C(O)Cc1ccccc1. The van der Waals surface area contributed by atoms with Gasteiger partial charge in [-0.1, -0.05) is 48.5 Å². The molecule has 0 spiro atoms. The Hall–Kier alpha value is -2.33. The third-order valence-electron chi connectivity index (χ3n) is 3.60. The second-order valence-corrected chi connectivity index (χ2v) is 5.42. The van der Waals surface area contributed by atoms with Gasteiger partial charge < -0.3 is 15.5 Å². The fourth-order valence-electron chi connectivity index (χ4n) is 2.27. The van der Waals surface area contributed by atoms with Gasteiger partial charge in [0.25, 0.3) is 0 Å². The molecule has 0 aliphatic carbocycles. The minimum atomic E-state index is -0.657. The maximum Gasteiger partial charge on any atom is 0.224 e. The van der Waals surface area contributed by atoms with Crippen LogP contribution in [0.4, 0.5) is 0 Å².